The predicted molar refractivity (Wildman–Crippen MR) is 85.8 cm³/mol. The number of amides is 1. The first-order valence-corrected chi connectivity index (χ1v) is 8.24. The third kappa shape index (κ3) is 2.59. The Hall–Kier alpha value is -2.25. The molecule has 0 saturated carbocycles. The van der Waals surface area contributed by atoms with Crippen molar-refractivity contribution in [3.8, 4) is 5.69 Å². The molecular formula is C17H20N4O3. The lowest BCUT2D eigenvalue weighted by molar-refractivity contribution is -0.124. The highest BCUT2D eigenvalue weighted by atomic mass is 16.5. The first kappa shape index (κ1) is 15.3. The molecule has 2 aliphatic rings. The van der Waals surface area contributed by atoms with Gasteiger partial charge in [-0.25, -0.2) is 0 Å². The standard InChI is InChI=1S/C17H20N4O3/c22-15-5-7-20(10-17(15)6-2-8-24-17)16(23)13-3-1-4-14(9-13)21-11-18-19-12-21/h1,3-4,9,11-12,15,22H,2,5-8,10H2/t15-,17-/m0/s1. The fraction of sp³-hybridized carbons (Fsp3) is 0.471. The third-order valence-electron chi connectivity index (χ3n) is 4.97. The average Bonchev–Trinajstić information content (AvgIpc) is 3.30. The van der Waals surface area contributed by atoms with Gasteiger partial charge in [-0.3, -0.25) is 9.36 Å². The lowest BCUT2D eigenvalue weighted by Gasteiger charge is -2.43. The summed E-state index contributed by atoms with van der Waals surface area (Å²) in [6.45, 7) is 1.65. The number of nitrogens with zero attached hydrogens (tertiary/aromatic N) is 4. The van der Waals surface area contributed by atoms with E-state index in [1.54, 1.807) is 22.1 Å². The van der Waals surface area contributed by atoms with Gasteiger partial charge in [0, 0.05) is 24.4 Å². The molecule has 1 N–H and O–H groups in total. The summed E-state index contributed by atoms with van der Waals surface area (Å²) < 4.78 is 7.59. The number of aliphatic hydroxyl groups is 1. The third-order valence-corrected chi connectivity index (χ3v) is 4.97. The zero-order chi connectivity index (χ0) is 16.6. The number of hydrogen-bond acceptors (Lipinski definition) is 5. The van der Waals surface area contributed by atoms with Crippen LogP contribution in [0, 0.1) is 0 Å². The Morgan fingerprint density at radius 1 is 1.33 bits per heavy atom. The lowest BCUT2D eigenvalue weighted by atomic mass is 9.87. The molecule has 2 atom stereocenters. The molecule has 2 aromatic rings. The van der Waals surface area contributed by atoms with E-state index in [1.165, 1.54) is 0 Å². The maximum absolute atomic E-state index is 12.9. The molecule has 2 saturated heterocycles. The molecule has 2 fully saturated rings. The van der Waals surface area contributed by atoms with Crippen molar-refractivity contribution in [2.24, 2.45) is 0 Å². The van der Waals surface area contributed by atoms with E-state index >= 15 is 0 Å². The van der Waals surface area contributed by atoms with Gasteiger partial charge in [0.15, 0.2) is 0 Å². The highest BCUT2D eigenvalue weighted by Gasteiger charge is 2.47. The summed E-state index contributed by atoms with van der Waals surface area (Å²) in [5, 5.41) is 17.9. The number of carbonyl (C=O) groups excluding carboxylic acids is 1. The molecular weight excluding hydrogens is 308 g/mol. The van der Waals surface area contributed by atoms with Crippen LogP contribution in [0.2, 0.25) is 0 Å². The minimum atomic E-state index is -0.584. The molecule has 3 heterocycles. The molecule has 0 aliphatic carbocycles. The van der Waals surface area contributed by atoms with Gasteiger partial charge in [0.2, 0.25) is 0 Å². The molecule has 24 heavy (non-hydrogen) atoms. The number of hydrogen-bond donors (Lipinski definition) is 1. The Kier molecular flexibility index (Phi) is 3.82. The lowest BCUT2D eigenvalue weighted by Crippen LogP contribution is -2.57. The van der Waals surface area contributed by atoms with E-state index in [1.807, 2.05) is 24.3 Å². The Labute approximate surface area is 139 Å². The Morgan fingerprint density at radius 3 is 2.92 bits per heavy atom. The molecule has 1 aromatic carbocycles. The summed E-state index contributed by atoms with van der Waals surface area (Å²) in [5.74, 6) is -0.0355. The van der Waals surface area contributed by atoms with Crippen LogP contribution >= 0.6 is 0 Å². The normalized spacial score (nSPS) is 26.9. The van der Waals surface area contributed by atoms with Gasteiger partial charge >= 0.3 is 0 Å². The van der Waals surface area contributed by atoms with Crippen LogP contribution in [0.5, 0.6) is 0 Å². The highest BCUT2D eigenvalue weighted by molar-refractivity contribution is 5.95. The summed E-state index contributed by atoms with van der Waals surface area (Å²) in [7, 11) is 0. The van der Waals surface area contributed by atoms with Crippen molar-refractivity contribution >= 4 is 5.91 Å². The van der Waals surface area contributed by atoms with Gasteiger partial charge < -0.3 is 14.7 Å². The summed E-state index contributed by atoms with van der Waals surface area (Å²) in [6.07, 6.45) is 5.00. The first-order valence-electron chi connectivity index (χ1n) is 8.24. The van der Waals surface area contributed by atoms with Gasteiger partial charge in [-0.15, -0.1) is 10.2 Å². The van der Waals surface area contributed by atoms with E-state index < -0.39 is 11.7 Å². The van der Waals surface area contributed by atoms with Crippen molar-refractivity contribution in [2.75, 3.05) is 19.7 Å². The maximum atomic E-state index is 12.9. The van der Waals surface area contributed by atoms with Crippen LogP contribution in [-0.2, 0) is 4.74 Å². The van der Waals surface area contributed by atoms with E-state index in [9.17, 15) is 9.90 Å². The molecule has 1 spiro atoms. The number of carbonyl (C=O) groups is 1. The molecule has 0 unspecified atom stereocenters. The quantitative estimate of drug-likeness (QED) is 0.890. The second-order valence-electron chi connectivity index (χ2n) is 6.47. The van der Waals surface area contributed by atoms with Crippen molar-refractivity contribution in [3.63, 3.8) is 0 Å². The molecule has 7 heteroatoms. The summed E-state index contributed by atoms with van der Waals surface area (Å²) in [5.41, 5.74) is 0.875. The van der Waals surface area contributed by atoms with E-state index in [4.69, 9.17) is 4.74 Å². The van der Waals surface area contributed by atoms with Crippen molar-refractivity contribution in [1.82, 2.24) is 19.7 Å². The second-order valence-corrected chi connectivity index (χ2v) is 6.47. The largest absolute Gasteiger partial charge is 0.390 e. The number of likely N-dealkylation sites (tertiary alicyclic amines) is 1. The van der Waals surface area contributed by atoms with Gasteiger partial charge in [-0.1, -0.05) is 6.07 Å². The fourth-order valence-electron chi connectivity index (χ4n) is 3.64. The molecule has 4 rings (SSSR count). The molecule has 7 nitrogen and oxygen atoms in total. The van der Waals surface area contributed by atoms with Gasteiger partial charge in [0.05, 0.1) is 12.6 Å². The summed E-state index contributed by atoms with van der Waals surface area (Å²) in [4.78, 5) is 14.7. The smallest absolute Gasteiger partial charge is 0.254 e. The number of aromatic nitrogens is 3. The van der Waals surface area contributed by atoms with Crippen LogP contribution in [0.15, 0.2) is 36.9 Å². The number of ether oxygens (including phenoxy) is 1. The van der Waals surface area contributed by atoms with Gasteiger partial charge in [-0.2, -0.15) is 0 Å². The van der Waals surface area contributed by atoms with Crippen LogP contribution in [0.25, 0.3) is 5.69 Å². The minimum Gasteiger partial charge on any atom is -0.390 e. The van der Waals surface area contributed by atoms with Gasteiger partial charge in [0.1, 0.15) is 18.3 Å². The number of aliphatic hydroxyl groups excluding tert-OH is 1. The fourth-order valence-corrected chi connectivity index (χ4v) is 3.64. The van der Waals surface area contributed by atoms with Crippen molar-refractivity contribution in [1.29, 1.82) is 0 Å². The van der Waals surface area contributed by atoms with Crippen LogP contribution in [0.4, 0.5) is 0 Å². The second kappa shape index (κ2) is 5.99. The Morgan fingerprint density at radius 2 is 2.17 bits per heavy atom. The number of piperidine rings is 1. The van der Waals surface area contributed by atoms with Gasteiger partial charge in [-0.05, 0) is 37.5 Å². The van der Waals surface area contributed by atoms with Crippen LogP contribution in [-0.4, -0.2) is 62.1 Å². The van der Waals surface area contributed by atoms with Crippen molar-refractivity contribution in [3.05, 3.63) is 42.5 Å². The maximum Gasteiger partial charge on any atom is 0.254 e. The molecule has 1 amide bonds. The zero-order valence-corrected chi connectivity index (χ0v) is 13.3. The van der Waals surface area contributed by atoms with Crippen LogP contribution < -0.4 is 0 Å². The molecule has 0 radical (unpaired) electrons. The monoisotopic (exact) mass is 328 g/mol. The van der Waals surface area contributed by atoms with E-state index in [0.717, 1.165) is 18.5 Å². The predicted octanol–water partition coefficient (Wildman–Crippen LogP) is 1.02. The highest BCUT2D eigenvalue weighted by Crippen LogP contribution is 2.35. The minimum absolute atomic E-state index is 0.0355. The Bertz CT molecular complexity index is 725. The first-order chi connectivity index (χ1) is 11.7. The van der Waals surface area contributed by atoms with Crippen molar-refractivity contribution in [2.45, 2.75) is 31.0 Å². The molecule has 2 aliphatic heterocycles. The summed E-state index contributed by atoms with van der Waals surface area (Å²) in [6, 6.07) is 7.40. The zero-order valence-electron chi connectivity index (χ0n) is 13.3. The molecule has 0 bridgehead atoms. The van der Waals surface area contributed by atoms with E-state index in [-0.39, 0.29) is 5.91 Å². The van der Waals surface area contributed by atoms with E-state index in [0.29, 0.717) is 31.7 Å². The van der Waals surface area contributed by atoms with E-state index in [2.05, 4.69) is 10.2 Å². The van der Waals surface area contributed by atoms with Crippen LogP contribution in [0.1, 0.15) is 29.6 Å². The molecule has 126 valence electrons. The number of rotatable bonds is 2. The Balaban J connectivity index is 1.56. The van der Waals surface area contributed by atoms with Crippen molar-refractivity contribution < 1.29 is 14.6 Å². The number of benzene rings is 1. The SMILES string of the molecule is O=C(c1cccc(-n2cnnc2)c1)N1CC[C@H](O)[C@]2(CCCO2)C1. The van der Waals surface area contributed by atoms with Crippen LogP contribution in [0.3, 0.4) is 0 Å². The average molecular weight is 328 g/mol. The van der Waals surface area contributed by atoms with Gasteiger partial charge in [0.25, 0.3) is 5.91 Å². The molecule has 1 aromatic heterocycles. The topological polar surface area (TPSA) is 80.5 Å². The summed E-state index contributed by atoms with van der Waals surface area (Å²) >= 11 is 0.